The van der Waals surface area contributed by atoms with Crippen LogP contribution in [-0.4, -0.2) is 29.3 Å². The van der Waals surface area contributed by atoms with Gasteiger partial charge in [-0.15, -0.1) is 11.3 Å². The number of nitrogens with one attached hydrogen (secondary N) is 2. The molecule has 1 atom stereocenters. The molecular formula is C25H25N3O3S. The second-order valence-corrected chi connectivity index (χ2v) is 9.06. The Hall–Kier alpha value is -3.45. The summed E-state index contributed by atoms with van der Waals surface area (Å²) in [6.45, 7) is 4.53. The van der Waals surface area contributed by atoms with Gasteiger partial charge in [0.2, 0.25) is 5.91 Å². The molecule has 6 nitrogen and oxygen atoms in total. The molecule has 2 heterocycles. The summed E-state index contributed by atoms with van der Waals surface area (Å²) in [5.41, 5.74) is 3.59. The highest BCUT2D eigenvalue weighted by Crippen LogP contribution is 2.28. The first-order chi connectivity index (χ1) is 15.4. The lowest BCUT2D eigenvalue weighted by atomic mass is 9.98. The van der Waals surface area contributed by atoms with Crippen molar-refractivity contribution in [1.82, 2.24) is 15.5 Å². The fraction of sp³-hybridized carbons (Fsp3) is 0.240. The number of imide groups is 1. The lowest BCUT2D eigenvalue weighted by molar-refractivity contribution is -0.125. The van der Waals surface area contributed by atoms with E-state index in [1.165, 1.54) is 10.5 Å². The second kappa shape index (κ2) is 9.36. The molecular weight excluding hydrogens is 422 g/mol. The van der Waals surface area contributed by atoms with Gasteiger partial charge < -0.3 is 10.6 Å². The van der Waals surface area contributed by atoms with Crippen LogP contribution in [0.2, 0.25) is 0 Å². The molecule has 1 fully saturated rings. The highest BCUT2D eigenvalue weighted by Gasteiger charge is 2.28. The maximum absolute atomic E-state index is 13.0. The molecule has 0 saturated carbocycles. The summed E-state index contributed by atoms with van der Waals surface area (Å²) in [6.07, 6.45) is 0. The molecule has 1 aromatic heterocycles. The zero-order valence-corrected chi connectivity index (χ0v) is 18.8. The molecule has 4 amide bonds. The third-order valence-electron chi connectivity index (χ3n) is 5.53. The van der Waals surface area contributed by atoms with Crippen LogP contribution in [0, 0.1) is 0 Å². The van der Waals surface area contributed by atoms with Crippen molar-refractivity contribution in [3.05, 3.63) is 93.2 Å². The predicted molar refractivity (Wildman–Crippen MR) is 125 cm³/mol. The number of carbonyl (C=O) groups is 3. The molecule has 0 radical (unpaired) electrons. The van der Waals surface area contributed by atoms with E-state index < -0.39 is 0 Å². The Morgan fingerprint density at radius 3 is 2.28 bits per heavy atom. The monoisotopic (exact) mass is 447 g/mol. The van der Waals surface area contributed by atoms with Gasteiger partial charge in [0.05, 0.1) is 19.1 Å². The molecule has 7 heteroatoms. The topological polar surface area (TPSA) is 78.5 Å². The van der Waals surface area contributed by atoms with Crippen LogP contribution in [0.25, 0.3) is 0 Å². The van der Waals surface area contributed by atoms with Crippen LogP contribution in [0.4, 0.5) is 4.79 Å². The van der Waals surface area contributed by atoms with Crippen LogP contribution in [0.15, 0.2) is 66.0 Å². The van der Waals surface area contributed by atoms with Crippen molar-refractivity contribution in [2.75, 3.05) is 6.54 Å². The van der Waals surface area contributed by atoms with E-state index in [0.717, 1.165) is 16.0 Å². The van der Waals surface area contributed by atoms with Gasteiger partial charge in [0.25, 0.3) is 5.91 Å². The Kier molecular flexibility index (Phi) is 6.37. The summed E-state index contributed by atoms with van der Waals surface area (Å²) in [5.74, 6) is 0.0104. The van der Waals surface area contributed by atoms with E-state index in [4.69, 9.17) is 0 Å². The van der Waals surface area contributed by atoms with Crippen molar-refractivity contribution >= 4 is 29.2 Å². The van der Waals surface area contributed by atoms with E-state index in [1.54, 1.807) is 35.6 Å². The van der Waals surface area contributed by atoms with Gasteiger partial charge in [0, 0.05) is 10.4 Å². The average Bonchev–Trinajstić information content (AvgIpc) is 3.44. The minimum Gasteiger partial charge on any atom is -0.340 e. The number of nitrogens with zero attached hydrogens (tertiary/aromatic N) is 1. The van der Waals surface area contributed by atoms with Gasteiger partial charge in [0.1, 0.15) is 0 Å². The largest absolute Gasteiger partial charge is 0.340 e. The zero-order chi connectivity index (χ0) is 22.7. The van der Waals surface area contributed by atoms with Crippen LogP contribution >= 0.6 is 11.3 Å². The lowest BCUT2D eigenvalue weighted by Gasteiger charge is -2.19. The van der Waals surface area contributed by atoms with E-state index in [1.807, 2.05) is 17.5 Å². The second-order valence-electron chi connectivity index (χ2n) is 8.08. The maximum Gasteiger partial charge on any atom is 0.324 e. The average molecular weight is 448 g/mol. The van der Waals surface area contributed by atoms with E-state index >= 15 is 0 Å². The number of thiophene rings is 1. The van der Waals surface area contributed by atoms with Crippen molar-refractivity contribution in [3.8, 4) is 0 Å². The predicted octanol–water partition coefficient (Wildman–Crippen LogP) is 4.44. The summed E-state index contributed by atoms with van der Waals surface area (Å²) >= 11 is 1.60. The number of urea groups is 1. The molecule has 1 aliphatic rings. The number of hydrogen-bond acceptors (Lipinski definition) is 4. The maximum atomic E-state index is 13.0. The molecule has 32 heavy (non-hydrogen) atoms. The van der Waals surface area contributed by atoms with Crippen LogP contribution in [-0.2, 0) is 11.3 Å². The van der Waals surface area contributed by atoms with Crippen molar-refractivity contribution in [1.29, 1.82) is 0 Å². The summed E-state index contributed by atoms with van der Waals surface area (Å²) in [4.78, 5) is 38.7. The number of benzene rings is 2. The first-order valence-electron chi connectivity index (χ1n) is 10.5. The van der Waals surface area contributed by atoms with Crippen LogP contribution in [0.1, 0.15) is 57.7 Å². The summed E-state index contributed by atoms with van der Waals surface area (Å²) in [7, 11) is 0. The zero-order valence-electron chi connectivity index (χ0n) is 18.0. The smallest absolute Gasteiger partial charge is 0.324 e. The van der Waals surface area contributed by atoms with Gasteiger partial charge in [-0.05, 0) is 46.2 Å². The molecule has 4 rings (SSSR count). The minimum atomic E-state index is -0.390. The van der Waals surface area contributed by atoms with Gasteiger partial charge in [-0.3, -0.25) is 14.5 Å². The van der Waals surface area contributed by atoms with Gasteiger partial charge in [-0.2, -0.15) is 0 Å². The molecule has 2 aromatic carbocycles. The molecule has 164 valence electrons. The third-order valence-corrected chi connectivity index (χ3v) is 6.47. The summed E-state index contributed by atoms with van der Waals surface area (Å²) < 4.78 is 0. The molecule has 1 unspecified atom stereocenters. The van der Waals surface area contributed by atoms with E-state index in [9.17, 15) is 14.4 Å². The highest BCUT2D eigenvalue weighted by atomic mass is 32.1. The Balaban J connectivity index is 1.49. The Labute approximate surface area is 191 Å². The Bertz CT molecular complexity index is 1090. The lowest BCUT2D eigenvalue weighted by Crippen LogP contribution is -2.30. The fourth-order valence-corrected chi connectivity index (χ4v) is 4.42. The first-order valence-corrected chi connectivity index (χ1v) is 11.4. The van der Waals surface area contributed by atoms with E-state index in [2.05, 4.69) is 48.7 Å². The first kappa shape index (κ1) is 21.8. The number of hydrogen-bond donors (Lipinski definition) is 2. The Morgan fingerprint density at radius 2 is 1.72 bits per heavy atom. The summed E-state index contributed by atoms with van der Waals surface area (Å²) in [6, 6.07) is 18.7. The van der Waals surface area contributed by atoms with Crippen LogP contribution in [0.5, 0.6) is 0 Å². The van der Waals surface area contributed by atoms with Crippen molar-refractivity contribution < 1.29 is 14.4 Å². The minimum absolute atomic E-state index is 0.0293. The highest BCUT2D eigenvalue weighted by molar-refractivity contribution is 7.10. The number of amides is 4. The normalized spacial score (nSPS) is 14.5. The quantitative estimate of drug-likeness (QED) is 0.526. The third kappa shape index (κ3) is 4.73. The fourth-order valence-electron chi connectivity index (χ4n) is 3.62. The standard InChI is InChI=1S/C25H25N3O3S/c1-16(2)18-9-11-19(12-10-18)23(21-4-3-13-32-21)27-24(30)20-7-5-17(6-8-20)15-28-22(29)14-26-25(28)31/h3-13,16,23H,14-15H2,1-2H3,(H,26,31)(H,27,30). The van der Waals surface area contributed by atoms with Crippen LogP contribution in [0.3, 0.4) is 0 Å². The molecule has 1 saturated heterocycles. The Morgan fingerprint density at radius 1 is 1.03 bits per heavy atom. The molecule has 0 bridgehead atoms. The molecule has 0 spiro atoms. The summed E-state index contributed by atoms with van der Waals surface area (Å²) in [5, 5.41) is 7.66. The number of rotatable bonds is 7. The molecule has 0 aliphatic carbocycles. The van der Waals surface area contributed by atoms with Crippen molar-refractivity contribution in [3.63, 3.8) is 0 Å². The number of carbonyl (C=O) groups excluding carboxylic acids is 3. The van der Waals surface area contributed by atoms with Crippen molar-refractivity contribution in [2.24, 2.45) is 0 Å². The molecule has 1 aliphatic heterocycles. The van der Waals surface area contributed by atoms with Gasteiger partial charge in [-0.1, -0.05) is 56.3 Å². The van der Waals surface area contributed by atoms with E-state index in [-0.39, 0.29) is 37.0 Å². The van der Waals surface area contributed by atoms with Gasteiger partial charge in [-0.25, -0.2) is 4.79 Å². The van der Waals surface area contributed by atoms with E-state index in [0.29, 0.717) is 11.5 Å². The molecule has 2 N–H and O–H groups in total. The van der Waals surface area contributed by atoms with Crippen LogP contribution < -0.4 is 10.6 Å². The SMILES string of the molecule is CC(C)c1ccc(C(NC(=O)c2ccc(CN3C(=O)CNC3=O)cc2)c2cccs2)cc1. The van der Waals surface area contributed by atoms with Crippen molar-refractivity contribution in [2.45, 2.75) is 32.4 Å². The van der Waals surface area contributed by atoms with Gasteiger partial charge >= 0.3 is 6.03 Å². The van der Waals surface area contributed by atoms with Gasteiger partial charge in [0.15, 0.2) is 0 Å². The molecule has 3 aromatic rings.